The number of hydrogen-bond acceptors (Lipinski definition) is 4. The summed E-state index contributed by atoms with van der Waals surface area (Å²) in [7, 11) is 1.78. The van der Waals surface area contributed by atoms with E-state index in [9.17, 15) is 4.39 Å². The third kappa shape index (κ3) is 3.36. The van der Waals surface area contributed by atoms with E-state index >= 15 is 0 Å². The van der Waals surface area contributed by atoms with Gasteiger partial charge >= 0.3 is 0 Å². The number of anilines is 3. The van der Waals surface area contributed by atoms with Crippen LogP contribution in [-0.4, -0.2) is 17.0 Å². The molecule has 0 spiro atoms. The van der Waals surface area contributed by atoms with Crippen LogP contribution in [-0.2, 0) is 6.42 Å². The summed E-state index contributed by atoms with van der Waals surface area (Å²) in [5.41, 5.74) is 0.220. The van der Waals surface area contributed by atoms with Crippen LogP contribution in [0.15, 0.2) is 24.3 Å². The van der Waals surface area contributed by atoms with Crippen molar-refractivity contribution < 1.29 is 4.39 Å². The molecule has 1 aromatic heterocycles. The van der Waals surface area contributed by atoms with E-state index in [4.69, 9.17) is 11.6 Å². The molecule has 0 aliphatic carbocycles. The van der Waals surface area contributed by atoms with Gasteiger partial charge in [-0.05, 0) is 18.6 Å². The summed E-state index contributed by atoms with van der Waals surface area (Å²) < 4.78 is 13.8. The zero-order valence-corrected chi connectivity index (χ0v) is 12.1. The van der Waals surface area contributed by atoms with Crippen LogP contribution in [0.1, 0.15) is 19.2 Å². The van der Waals surface area contributed by atoms with E-state index in [1.807, 2.05) is 0 Å². The Labute approximate surface area is 122 Å². The van der Waals surface area contributed by atoms with Gasteiger partial charge in [0.1, 0.15) is 23.3 Å². The van der Waals surface area contributed by atoms with E-state index in [1.54, 1.807) is 25.2 Å². The molecule has 0 aliphatic heterocycles. The van der Waals surface area contributed by atoms with E-state index in [1.165, 1.54) is 6.07 Å². The third-order valence-electron chi connectivity index (χ3n) is 2.72. The van der Waals surface area contributed by atoms with Crippen molar-refractivity contribution >= 4 is 28.9 Å². The second-order valence-electron chi connectivity index (χ2n) is 4.28. The maximum Gasteiger partial charge on any atom is 0.148 e. The lowest BCUT2D eigenvalue weighted by Crippen LogP contribution is -2.04. The number of rotatable bonds is 5. The van der Waals surface area contributed by atoms with Gasteiger partial charge in [0, 0.05) is 19.5 Å². The number of aryl methyl sites for hydroxylation is 1. The molecule has 2 rings (SSSR count). The number of benzene rings is 1. The van der Waals surface area contributed by atoms with Crippen LogP contribution in [0.5, 0.6) is 0 Å². The Bertz CT molecular complexity index is 583. The van der Waals surface area contributed by atoms with Crippen molar-refractivity contribution in [3.05, 3.63) is 40.9 Å². The van der Waals surface area contributed by atoms with E-state index < -0.39 is 5.82 Å². The van der Waals surface area contributed by atoms with Gasteiger partial charge < -0.3 is 10.6 Å². The lowest BCUT2D eigenvalue weighted by molar-refractivity contribution is 0.632. The number of nitrogens with one attached hydrogen (secondary N) is 2. The van der Waals surface area contributed by atoms with Crippen LogP contribution in [0.25, 0.3) is 0 Å². The van der Waals surface area contributed by atoms with Crippen LogP contribution >= 0.6 is 11.6 Å². The van der Waals surface area contributed by atoms with Crippen LogP contribution in [0, 0.1) is 5.82 Å². The zero-order chi connectivity index (χ0) is 14.5. The highest BCUT2D eigenvalue weighted by Gasteiger charge is 2.09. The van der Waals surface area contributed by atoms with E-state index in [2.05, 4.69) is 27.5 Å². The van der Waals surface area contributed by atoms with Gasteiger partial charge in [-0.25, -0.2) is 14.4 Å². The minimum atomic E-state index is -0.417. The van der Waals surface area contributed by atoms with Gasteiger partial charge in [0.25, 0.3) is 0 Å². The molecule has 4 nitrogen and oxygen atoms in total. The molecular formula is C14H16ClFN4. The Morgan fingerprint density at radius 1 is 1.25 bits per heavy atom. The van der Waals surface area contributed by atoms with Crippen molar-refractivity contribution in [2.45, 2.75) is 19.8 Å². The fraction of sp³-hybridized carbons (Fsp3) is 0.286. The second-order valence-corrected chi connectivity index (χ2v) is 4.68. The van der Waals surface area contributed by atoms with E-state index in [-0.39, 0.29) is 5.69 Å². The monoisotopic (exact) mass is 294 g/mol. The van der Waals surface area contributed by atoms with Crippen LogP contribution in [0.4, 0.5) is 21.7 Å². The molecule has 0 aliphatic rings. The van der Waals surface area contributed by atoms with Gasteiger partial charge in [0.15, 0.2) is 0 Å². The highest BCUT2D eigenvalue weighted by atomic mass is 35.5. The molecule has 2 N–H and O–H groups in total. The Hall–Kier alpha value is -1.88. The van der Waals surface area contributed by atoms with Crippen molar-refractivity contribution in [2.75, 3.05) is 17.7 Å². The van der Waals surface area contributed by atoms with Gasteiger partial charge in [0.2, 0.25) is 0 Å². The fourth-order valence-corrected chi connectivity index (χ4v) is 1.98. The molecule has 0 saturated heterocycles. The summed E-state index contributed by atoms with van der Waals surface area (Å²) in [6.45, 7) is 2.05. The molecule has 0 bridgehead atoms. The van der Waals surface area contributed by atoms with Crippen LogP contribution in [0.3, 0.4) is 0 Å². The highest BCUT2D eigenvalue weighted by Crippen LogP contribution is 2.28. The Morgan fingerprint density at radius 3 is 2.65 bits per heavy atom. The lowest BCUT2D eigenvalue weighted by Gasteiger charge is -2.11. The first kappa shape index (κ1) is 14.5. The largest absolute Gasteiger partial charge is 0.373 e. The average molecular weight is 295 g/mol. The number of para-hydroxylation sites is 1. The number of hydrogen-bond donors (Lipinski definition) is 2. The van der Waals surface area contributed by atoms with Crippen LogP contribution < -0.4 is 10.6 Å². The van der Waals surface area contributed by atoms with Crippen LogP contribution in [0.2, 0.25) is 5.02 Å². The molecule has 0 unspecified atom stereocenters. The molecule has 0 saturated carbocycles. The fourth-order valence-electron chi connectivity index (χ4n) is 1.77. The topological polar surface area (TPSA) is 49.8 Å². The maximum atomic E-state index is 13.8. The Kier molecular flexibility index (Phi) is 4.74. The summed E-state index contributed by atoms with van der Waals surface area (Å²) >= 11 is 5.99. The minimum absolute atomic E-state index is 0.220. The van der Waals surface area contributed by atoms with Gasteiger partial charge in [-0.3, -0.25) is 0 Å². The summed E-state index contributed by atoms with van der Waals surface area (Å²) in [6, 6.07) is 6.24. The predicted molar refractivity (Wildman–Crippen MR) is 80.3 cm³/mol. The molecule has 6 heteroatoms. The summed E-state index contributed by atoms with van der Waals surface area (Å²) in [4.78, 5) is 8.70. The molecule has 106 valence electrons. The molecule has 20 heavy (non-hydrogen) atoms. The molecule has 0 atom stereocenters. The molecule has 2 aromatic rings. The smallest absolute Gasteiger partial charge is 0.148 e. The van der Waals surface area contributed by atoms with Gasteiger partial charge in [0.05, 0.1) is 10.7 Å². The summed E-state index contributed by atoms with van der Waals surface area (Å²) in [6.07, 6.45) is 1.70. The highest BCUT2D eigenvalue weighted by molar-refractivity contribution is 6.33. The van der Waals surface area contributed by atoms with Crippen molar-refractivity contribution in [1.82, 2.24) is 9.97 Å². The predicted octanol–water partition coefficient (Wildman–Crippen LogP) is 4.01. The molecule has 1 heterocycles. The van der Waals surface area contributed by atoms with E-state index in [0.29, 0.717) is 22.5 Å². The number of aromatic nitrogens is 2. The van der Waals surface area contributed by atoms with E-state index in [0.717, 1.165) is 12.8 Å². The normalized spacial score (nSPS) is 10.4. The number of halogens is 2. The van der Waals surface area contributed by atoms with Crippen molar-refractivity contribution in [2.24, 2.45) is 0 Å². The average Bonchev–Trinajstić information content (AvgIpc) is 2.43. The second kappa shape index (κ2) is 6.52. The Morgan fingerprint density at radius 2 is 2.00 bits per heavy atom. The standard InChI is InChI=1S/C14H16ClFN4/c1-3-5-11-18-12(17-2)8-13(19-11)20-14-9(15)6-4-7-10(14)16/h4,6-8H,3,5H2,1-2H3,(H2,17,18,19,20). The van der Waals surface area contributed by atoms with Gasteiger partial charge in [-0.15, -0.1) is 0 Å². The first-order valence-corrected chi connectivity index (χ1v) is 6.78. The van der Waals surface area contributed by atoms with Crippen molar-refractivity contribution in [1.29, 1.82) is 0 Å². The van der Waals surface area contributed by atoms with Crippen molar-refractivity contribution in [3.8, 4) is 0 Å². The minimum Gasteiger partial charge on any atom is -0.373 e. The number of nitrogens with zero attached hydrogens (tertiary/aromatic N) is 2. The summed E-state index contributed by atoms with van der Waals surface area (Å²) in [5.74, 6) is 1.48. The zero-order valence-electron chi connectivity index (χ0n) is 11.4. The molecular weight excluding hydrogens is 279 g/mol. The van der Waals surface area contributed by atoms with Gasteiger partial charge in [-0.2, -0.15) is 0 Å². The lowest BCUT2D eigenvalue weighted by atomic mass is 10.3. The first-order chi connectivity index (χ1) is 9.63. The molecule has 0 radical (unpaired) electrons. The SMILES string of the molecule is CCCc1nc(NC)cc(Nc2c(F)cccc2Cl)n1. The molecule has 0 fully saturated rings. The molecule has 1 aromatic carbocycles. The maximum absolute atomic E-state index is 13.8. The van der Waals surface area contributed by atoms with Crippen molar-refractivity contribution in [3.63, 3.8) is 0 Å². The quantitative estimate of drug-likeness (QED) is 0.875. The Balaban J connectivity index is 2.35. The third-order valence-corrected chi connectivity index (χ3v) is 3.03. The summed E-state index contributed by atoms with van der Waals surface area (Å²) in [5, 5.41) is 6.19. The van der Waals surface area contributed by atoms with Gasteiger partial charge in [-0.1, -0.05) is 24.6 Å². The molecule has 0 amide bonds. The first-order valence-electron chi connectivity index (χ1n) is 6.40.